The Balaban J connectivity index is 2.46. The molecule has 1 aromatic carbocycles. The van der Waals surface area contributed by atoms with Crippen molar-refractivity contribution < 1.29 is 13.6 Å². The van der Waals surface area contributed by atoms with E-state index in [0.29, 0.717) is 13.0 Å². The van der Waals surface area contributed by atoms with Gasteiger partial charge in [-0.1, -0.05) is 13.0 Å². The van der Waals surface area contributed by atoms with Crippen LogP contribution in [0.25, 0.3) is 0 Å². The fourth-order valence-electron chi connectivity index (χ4n) is 1.81. The first kappa shape index (κ1) is 15.6. The molecule has 0 aliphatic rings. The number of halogens is 2. The van der Waals surface area contributed by atoms with Crippen molar-refractivity contribution >= 4 is 5.91 Å². The van der Waals surface area contributed by atoms with Crippen LogP contribution in [0, 0.1) is 11.6 Å². The van der Waals surface area contributed by atoms with E-state index in [2.05, 4.69) is 10.6 Å². The normalized spacial score (nSPS) is 12.2. The number of carbonyl (C=O) groups is 1. The molecule has 1 aromatic rings. The zero-order valence-electron chi connectivity index (χ0n) is 11.3. The highest BCUT2D eigenvalue weighted by Gasteiger charge is 2.14. The van der Waals surface area contributed by atoms with Gasteiger partial charge in [-0.2, -0.15) is 0 Å². The maximum Gasteiger partial charge on any atom is 0.221 e. The van der Waals surface area contributed by atoms with E-state index in [0.717, 1.165) is 6.54 Å². The van der Waals surface area contributed by atoms with Crippen LogP contribution in [0.2, 0.25) is 0 Å². The van der Waals surface area contributed by atoms with Crippen LogP contribution in [0.1, 0.15) is 25.8 Å². The van der Waals surface area contributed by atoms with Gasteiger partial charge in [0, 0.05) is 24.6 Å². The fraction of sp³-hybridized carbons (Fsp3) is 0.500. The number of nitrogens with one attached hydrogen (secondary N) is 2. The molecule has 1 unspecified atom stereocenters. The molecule has 0 saturated heterocycles. The Kier molecular flexibility index (Phi) is 6.42. The minimum atomic E-state index is -0.575. The van der Waals surface area contributed by atoms with Crippen LogP contribution in [0.4, 0.5) is 8.78 Å². The maximum atomic E-state index is 13.4. The van der Waals surface area contributed by atoms with Gasteiger partial charge in [-0.15, -0.1) is 0 Å². The van der Waals surface area contributed by atoms with Crippen LogP contribution < -0.4 is 10.6 Å². The summed E-state index contributed by atoms with van der Waals surface area (Å²) < 4.78 is 26.9. The van der Waals surface area contributed by atoms with E-state index in [1.54, 1.807) is 6.92 Å². The first-order valence-electron chi connectivity index (χ1n) is 6.47. The van der Waals surface area contributed by atoms with Gasteiger partial charge in [0.05, 0.1) is 0 Å². The number of amides is 1. The van der Waals surface area contributed by atoms with Crippen molar-refractivity contribution in [3.63, 3.8) is 0 Å². The minimum absolute atomic E-state index is 0.0157. The van der Waals surface area contributed by atoms with E-state index in [4.69, 9.17) is 0 Å². The van der Waals surface area contributed by atoms with E-state index in [-0.39, 0.29) is 23.9 Å². The third-order valence-electron chi connectivity index (χ3n) is 2.76. The van der Waals surface area contributed by atoms with Crippen molar-refractivity contribution in [2.75, 3.05) is 13.1 Å². The third-order valence-corrected chi connectivity index (χ3v) is 2.76. The Bertz CT molecular complexity index is 404. The zero-order valence-corrected chi connectivity index (χ0v) is 11.3. The van der Waals surface area contributed by atoms with E-state index in [9.17, 15) is 13.6 Å². The third kappa shape index (κ3) is 5.34. The molecule has 0 radical (unpaired) electrons. The van der Waals surface area contributed by atoms with Gasteiger partial charge < -0.3 is 10.6 Å². The molecular formula is C14H20F2N2O. The fourth-order valence-corrected chi connectivity index (χ4v) is 1.81. The Hall–Kier alpha value is -1.49. The second kappa shape index (κ2) is 7.84. The van der Waals surface area contributed by atoms with Crippen molar-refractivity contribution in [1.82, 2.24) is 10.6 Å². The highest BCUT2D eigenvalue weighted by Crippen LogP contribution is 2.14. The quantitative estimate of drug-likeness (QED) is 0.744. The number of hydrogen-bond acceptors (Lipinski definition) is 2. The molecule has 0 aliphatic carbocycles. The molecule has 5 heteroatoms. The highest BCUT2D eigenvalue weighted by atomic mass is 19.1. The first-order valence-corrected chi connectivity index (χ1v) is 6.47. The summed E-state index contributed by atoms with van der Waals surface area (Å²) in [6.45, 7) is 5.10. The monoisotopic (exact) mass is 270 g/mol. The largest absolute Gasteiger partial charge is 0.353 e. The molecule has 0 fully saturated rings. The van der Waals surface area contributed by atoms with Gasteiger partial charge in [-0.25, -0.2) is 8.78 Å². The molecule has 106 valence electrons. The van der Waals surface area contributed by atoms with Crippen LogP contribution in [0.3, 0.4) is 0 Å². The summed E-state index contributed by atoms with van der Waals surface area (Å²) in [6, 6.07) is 3.46. The van der Waals surface area contributed by atoms with Crippen LogP contribution in [-0.4, -0.2) is 25.0 Å². The molecule has 0 heterocycles. The molecule has 0 spiro atoms. The number of hydrogen-bond donors (Lipinski definition) is 2. The summed E-state index contributed by atoms with van der Waals surface area (Å²) in [7, 11) is 0. The van der Waals surface area contributed by atoms with Crippen LogP contribution in [0.15, 0.2) is 18.2 Å². The predicted molar refractivity (Wildman–Crippen MR) is 70.8 cm³/mol. The van der Waals surface area contributed by atoms with Crippen molar-refractivity contribution in [2.45, 2.75) is 32.7 Å². The molecule has 19 heavy (non-hydrogen) atoms. The van der Waals surface area contributed by atoms with Crippen molar-refractivity contribution in [3.05, 3.63) is 35.4 Å². The van der Waals surface area contributed by atoms with E-state index in [1.807, 2.05) is 6.92 Å². The summed E-state index contributed by atoms with van der Waals surface area (Å²) in [4.78, 5) is 11.5. The Morgan fingerprint density at radius 1 is 1.32 bits per heavy atom. The summed E-state index contributed by atoms with van der Waals surface area (Å²) in [6.07, 6.45) is 0.503. The van der Waals surface area contributed by atoms with Crippen LogP contribution in [0.5, 0.6) is 0 Å². The Morgan fingerprint density at radius 2 is 1.95 bits per heavy atom. The van der Waals surface area contributed by atoms with Gasteiger partial charge in [0.25, 0.3) is 0 Å². The lowest BCUT2D eigenvalue weighted by Gasteiger charge is -2.15. The molecular weight excluding hydrogens is 250 g/mol. The molecule has 1 amide bonds. The summed E-state index contributed by atoms with van der Waals surface area (Å²) in [5, 5.41) is 5.77. The highest BCUT2D eigenvalue weighted by molar-refractivity contribution is 5.76. The summed E-state index contributed by atoms with van der Waals surface area (Å²) in [5.41, 5.74) is 0.0157. The molecule has 0 saturated carbocycles. The van der Waals surface area contributed by atoms with Crippen molar-refractivity contribution in [1.29, 1.82) is 0 Å². The second-order valence-corrected chi connectivity index (χ2v) is 4.48. The standard InChI is InChI=1S/C14H20F2N2O/c1-3-17-8-7-14(19)18-10(2)9-11-12(15)5-4-6-13(11)16/h4-6,10,17H,3,7-9H2,1-2H3,(H,18,19). The van der Waals surface area contributed by atoms with Crippen LogP contribution in [-0.2, 0) is 11.2 Å². The van der Waals surface area contributed by atoms with E-state index < -0.39 is 11.6 Å². The van der Waals surface area contributed by atoms with Crippen LogP contribution >= 0.6 is 0 Å². The van der Waals surface area contributed by atoms with Crippen molar-refractivity contribution in [2.24, 2.45) is 0 Å². The average molecular weight is 270 g/mol. The van der Waals surface area contributed by atoms with Gasteiger partial charge in [-0.3, -0.25) is 4.79 Å². The number of rotatable bonds is 7. The molecule has 0 aromatic heterocycles. The molecule has 3 nitrogen and oxygen atoms in total. The average Bonchev–Trinajstić information content (AvgIpc) is 2.34. The van der Waals surface area contributed by atoms with Gasteiger partial charge >= 0.3 is 0 Å². The molecule has 2 N–H and O–H groups in total. The lowest BCUT2D eigenvalue weighted by atomic mass is 10.1. The predicted octanol–water partition coefficient (Wildman–Crippen LogP) is 2.01. The lowest BCUT2D eigenvalue weighted by molar-refractivity contribution is -0.121. The van der Waals surface area contributed by atoms with E-state index in [1.165, 1.54) is 18.2 Å². The van der Waals surface area contributed by atoms with Gasteiger partial charge in [0.1, 0.15) is 11.6 Å². The topological polar surface area (TPSA) is 41.1 Å². The molecule has 1 rings (SSSR count). The first-order chi connectivity index (χ1) is 9.04. The molecule has 0 bridgehead atoms. The summed E-state index contributed by atoms with van der Waals surface area (Å²) >= 11 is 0. The minimum Gasteiger partial charge on any atom is -0.353 e. The number of carbonyl (C=O) groups excluding carboxylic acids is 1. The Labute approximate surface area is 112 Å². The maximum absolute atomic E-state index is 13.4. The number of benzene rings is 1. The van der Waals surface area contributed by atoms with Crippen molar-refractivity contribution in [3.8, 4) is 0 Å². The summed E-state index contributed by atoms with van der Waals surface area (Å²) in [5.74, 6) is -1.27. The molecule has 1 atom stereocenters. The van der Waals surface area contributed by atoms with E-state index >= 15 is 0 Å². The molecule has 0 aliphatic heterocycles. The second-order valence-electron chi connectivity index (χ2n) is 4.48. The SMILES string of the molecule is CCNCCC(=O)NC(C)Cc1c(F)cccc1F. The zero-order chi connectivity index (χ0) is 14.3. The lowest BCUT2D eigenvalue weighted by Crippen LogP contribution is -2.36. The van der Waals surface area contributed by atoms with Gasteiger partial charge in [-0.05, 0) is 32.0 Å². The van der Waals surface area contributed by atoms with Gasteiger partial charge in [0.15, 0.2) is 0 Å². The Morgan fingerprint density at radius 3 is 2.53 bits per heavy atom. The smallest absolute Gasteiger partial charge is 0.221 e. The van der Waals surface area contributed by atoms with Gasteiger partial charge in [0.2, 0.25) is 5.91 Å².